The second kappa shape index (κ2) is 8.51. The molecule has 1 aliphatic heterocycles. The van der Waals surface area contributed by atoms with Gasteiger partial charge < -0.3 is 15.5 Å². The second-order valence-corrected chi connectivity index (χ2v) is 6.86. The minimum absolute atomic E-state index is 0.191. The minimum atomic E-state index is -0.191. The van der Waals surface area contributed by atoms with Crippen LogP contribution in [0.1, 0.15) is 12.8 Å². The van der Waals surface area contributed by atoms with E-state index in [1.807, 2.05) is 48.7 Å². The van der Waals surface area contributed by atoms with Gasteiger partial charge in [0.1, 0.15) is 18.5 Å². The third-order valence-corrected chi connectivity index (χ3v) is 4.85. The molecular formula is C20H23N7O. The molecule has 2 aromatic heterocycles. The average Bonchev–Trinajstić information content (AvgIpc) is 3.29. The van der Waals surface area contributed by atoms with Gasteiger partial charge in [0.15, 0.2) is 0 Å². The Labute approximate surface area is 163 Å². The molecule has 3 aromatic rings. The molecule has 0 saturated carbocycles. The first kappa shape index (κ1) is 18.0. The van der Waals surface area contributed by atoms with E-state index in [9.17, 15) is 4.79 Å². The van der Waals surface area contributed by atoms with E-state index in [-0.39, 0.29) is 6.03 Å². The van der Waals surface area contributed by atoms with Crippen molar-refractivity contribution >= 4 is 17.5 Å². The average molecular weight is 377 g/mol. The fourth-order valence-electron chi connectivity index (χ4n) is 3.43. The van der Waals surface area contributed by atoms with Gasteiger partial charge in [-0.05, 0) is 55.2 Å². The number of aromatic nitrogens is 4. The predicted octanol–water partition coefficient (Wildman–Crippen LogP) is 2.70. The highest BCUT2D eigenvalue weighted by atomic mass is 16.2. The zero-order valence-corrected chi connectivity index (χ0v) is 15.5. The molecule has 8 heteroatoms. The predicted molar refractivity (Wildman–Crippen MR) is 108 cm³/mol. The van der Waals surface area contributed by atoms with Gasteiger partial charge in [0.25, 0.3) is 0 Å². The van der Waals surface area contributed by atoms with Gasteiger partial charge in [0.2, 0.25) is 0 Å². The maximum Gasteiger partial charge on any atom is 0.319 e. The van der Waals surface area contributed by atoms with Crippen LogP contribution in [0.2, 0.25) is 0 Å². The van der Waals surface area contributed by atoms with E-state index in [4.69, 9.17) is 0 Å². The van der Waals surface area contributed by atoms with Crippen molar-refractivity contribution < 1.29 is 4.79 Å². The number of pyridine rings is 1. The van der Waals surface area contributed by atoms with Gasteiger partial charge >= 0.3 is 6.03 Å². The molecule has 4 rings (SSSR count). The lowest BCUT2D eigenvalue weighted by Crippen LogP contribution is -2.42. The number of carbonyl (C=O) groups is 1. The van der Waals surface area contributed by atoms with E-state index in [0.717, 1.165) is 43.1 Å². The van der Waals surface area contributed by atoms with Crippen LogP contribution < -0.4 is 15.5 Å². The number of hydrogen-bond acceptors (Lipinski definition) is 5. The molecule has 0 radical (unpaired) electrons. The van der Waals surface area contributed by atoms with Crippen molar-refractivity contribution in [3.8, 4) is 5.69 Å². The number of carbonyl (C=O) groups excluding carboxylic acids is 1. The number of anilines is 2. The largest absolute Gasteiger partial charge is 0.356 e. The topological polar surface area (TPSA) is 88.0 Å². The SMILES string of the molecule is O=C(NC[C@@H]1CCCN(c2ccccn2)C1)Nc1ccc(-n2cncn2)cc1. The zero-order valence-electron chi connectivity index (χ0n) is 15.5. The highest BCUT2D eigenvalue weighted by Crippen LogP contribution is 2.21. The summed E-state index contributed by atoms with van der Waals surface area (Å²) in [6.07, 6.45) is 7.15. The van der Waals surface area contributed by atoms with E-state index < -0.39 is 0 Å². The molecule has 0 aliphatic carbocycles. The number of amides is 2. The van der Waals surface area contributed by atoms with Crippen molar-refractivity contribution in [2.75, 3.05) is 29.9 Å². The highest BCUT2D eigenvalue weighted by Gasteiger charge is 2.21. The Morgan fingerprint density at radius 3 is 2.82 bits per heavy atom. The van der Waals surface area contributed by atoms with Crippen LogP contribution in [-0.4, -0.2) is 45.4 Å². The van der Waals surface area contributed by atoms with Gasteiger partial charge in [-0.1, -0.05) is 6.07 Å². The van der Waals surface area contributed by atoms with Crippen LogP contribution >= 0.6 is 0 Å². The lowest BCUT2D eigenvalue weighted by Gasteiger charge is -2.33. The molecule has 144 valence electrons. The fourth-order valence-corrected chi connectivity index (χ4v) is 3.43. The number of nitrogens with one attached hydrogen (secondary N) is 2. The van der Waals surface area contributed by atoms with E-state index >= 15 is 0 Å². The van der Waals surface area contributed by atoms with Crippen LogP contribution in [0, 0.1) is 5.92 Å². The molecule has 0 unspecified atom stereocenters. The molecule has 2 amide bonds. The highest BCUT2D eigenvalue weighted by molar-refractivity contribution is 5.89. The molecule has 8 nitrogen and oxygen atoms in total. The summed E-state index contributed by atoms with van der Waals surface area (Å²) < 4.78 is 1.67. The van der Waals surface area contributed by atoms with Crippen molar-refractivity contribution in [3.63, 3.8) is 0 Å². The number of rotatable bonds is 5. The number of nitrogens with zero attached hydrogens (tertiary/aromatic N) is 5. The first-order valence-electron chi connectivity index (χ1n) is 9.44. The first-order valence-corrected chi connectivity index (χ1v) is 9.44. The van der Waals surface area contributed by atoms with E-state index in [1.165, 1.54) is 6.33 Å². The number of hydrogen-bond donors (Lipinski definition) is 2. The van der Waals surface area contributed by atoms with Gasteiger partial charge in [-0.2, -0.15) is 5.10 Å². The maximum absolute atomic E-state index is 12.2. The second-order valence-electron chi connectivity index (χ2n) is 6.86. The summed E-state index contributed by atoms with van der Waals surface area (Å²) in [4.78, 5) is 22.9. The monoisotopic (exact) mass is 377 g/mol. The lowest BCUT2D eigenvalue weighted by atomic mass is 9.98. The normalized spacial score (nSPS) is 16.6. The summed E-state index contributed by atoms with van der Waals surface area (Å²) in [5, 5.41) is 9.95. The smallest absolute Gasteiger partial charge is 0.319 e. The minimum Gasteiger partial charge on any atom is -0.356 e. The summed E-state index contributed by atoms with van der Waals surface area (Å²) in [5.41, 5.74) is 1.63. The fraction of sp³-hybridized carbons (Fsp3) is 0.300. The van der Waals surface area contributed by atoms with E-state index in [0.29, 0.717) is 12.5 Å². The van der Waals surface area contributed by atoms with Crippen molar-refractivity contribution in [1.82, 2.24) is 25.1 Å². The maximum atomic E-state index is 12.2. The van der Waals surface area contributed by atoms with Gasteiger partial charge in [-0.3, -0.25) is 0 Å². The third-order valence-electron chi connectivity index (χ3n) is 4.85. The summed E-state index contributed by atoms with van der Waals surface area (Å²) in [5.74, 6) is 1.42. The molecule has 1 saturated heterocycles. The Kier molecular flexibility index (Phi) is 5.46. The Morgan fingerprint density at radius 2 is 2.07 bits per heavy atom. The molecule has 0 spiro atoms. The lowest BCUT2D eigenvalue weighted by molar-refractivity contribution is 0.249. The molecule has 3 heterocycles. The first-order chi connectivity index (χ1) is 13.8. The van der Waals surface area contributed by atoms with E-state index in [2.05, 4.69) is 30.6 Å². The number of benzene rings is 1. The standard InChI is InChI=1S/C20H23N7O/c28-20(25-17-6-8-18(9-7-17)27-15-21-14-24-27)23-12-16-4-3-11-26(13-16)19-5-1-2-10-22-19/h1-2,5-10,14-16H,3-4,11-13H2,(H2,23,25,28)/t16-/m0/s1. The van der Waals surface area contributed by atoms with E-state index in [1.54, 1.807) is 11.0 Å². The quantitative estimate of drug-likeness (QED) is 0.714. The third kappa shape index (κ3) is 4.46. The summed E-state index contributed by atoms with van der Waals surface area (Å²) in [6.45, 7) is 2.56. The van der Waals surface area contributed by atoms with Crippen LogP contribution in [0.15, 0.2) is 61.3 Å². The van der Waals surface area contributed by atoms with Crippen LogP contribution in [0.25, 0.3) is 5.69 Å². The number of urea groups is 1. The van der Waals surface area contributed by atoms with Gasteiger partial charge in [-0.15, -0.1) is 0 Å². The Morgan fingerprint density at radius 1 is 1.18 bits per heavy atom. The molecule has 28 heavy (non-hydrogen) atoms. The molecule has 1 aromatic carbocycles. The molecule has 1 atom stereocenters. The number of piperidine rings is 1. The summed E-state index contributed by atoms with van der Waals surface area (Å²) in [7, 11) is 0. The summed E-state index contributed by atoms with van der Waals surface area (Å²) in [6, 6.07) is 13.2. The summed E-state index contributed by atoms with van der Waals surface area (Å²) >= 11 is 0. The molecule has 1 aliphatic rings. The van der Waals surface area contributed by atoms with Crippen LogP contribution in [0.4, 0.5) is 16.3 Å². The molecule has 2 N–H and O–H groups in total. The molecule has 1 fully saturated rings. The van der Waals surface area contributed by atoms with Gasteiger partial charge in [0.05, 0.1) is 5.69 Å². The van der Waals surface area contributed by atoms with Crippen LogP contribution in [0.5, 0.6) is 0 Å². The Hall–Kier alpha value is -3.42. The Balaban J connectivity index is 1.26. The van der Waals surface area contributed by atoms with Gasteiger partial charge in [-0.25, -0.2) is 19.4 Å². The van der Waals surface area contributed by atoms with Crippen molar-refractivity contribution in [1.29, 1.82) is 0 Å². The molecular weight excluding hydrogens is 354 g/mol. The van der Waals surface area contributed by atoms with Crippen molar-refractivity contribution in [2.24, 2.45) is 5.92 Å². The van der Waals surface area contributed by atoms with Gasteiger partial charge in [0, 0.05) is 31.5 Å². The van der Waals surface area contributed by atoms with Crippen molar-refractivity contribution in [2.45, 2.75) is 12.8 Å². The van der Waals surface area contributed by atoms with Crippen LogP contribution in [0.3, 0.4) is 0 Å². The zero-order chi connectivity index (χ0) is 19.2. The van der Waals surface area contributed by atoms with Crippen molar-refractivity contribution in [3.05, 3.63) is 61.3 Å². The Bertz CT molecular complexity index is 881. The molecule has 0 bridgehead atoms. The van der Waals surface area contributed by atoms with Crippen LogP contribution in [-0.2, 0) is 0 Å².